The third-order valence-corrected chi connectivity index (χ3v) is 4.65. The average Bonchev–Trinajstić information content (AvgIpc) is 2.57. The van der Waals surface area contributed by atoms with Crippen molar-refractivity contribution >= 4 is 35.3 Å². The number of carboxylic acids is 2. The van der Waals surface area contributed by atoms with Crippen molar-refractivity contribution in [2.75, 3.05) is 5.75 Å². The molecule has 0 radical (unpaired) electrons. The molecule has 1 aliphatic rings. The molecule has 0 fully saturated rings. The molecule has 0 unspecified atom stereocenters. The lowest BCUT2D eigenvalue weighted by Gasteiger charge is -2.19. The maximum Gasteiger partial charge on any atom is 0.336 e. The fraction of sp³-hybridized carbons (Fsp3) is 0.0588. The second kappa shape index (κ2) is 5.93. The average molecular weight is 342 g/mol. The Bertz CT molecular complexity index is 915. The van der Waals surface area contributed by atoms with Gasteiger partial charge in [0.05, 0.1) is 11.3 Å². The Labute approximate surface area is 140 Å². The van der Waals surface area contributed by atoms with Crippen LogP contribution in [-0.2, 0) is 4.79 Å². The first-order valence-corrected chi connectivity index (χ1v) is 7.83. The highest BCUT2D eigenvalue weighted by atomic mass is 32.2. The van der Waals surface area contributed by atoms with Gasteiger partial charge in [-0.1, -0.05) is 24.3 Å². The molecule has 0 amide bonds. The molecule has 0 aliphatic heterocycles. The van der Waals surface area contributed by atoms with Crippen LogP contribution in [0.5, 0.6) is 0 Å². The summed E-state index contributed by atoms with van der Waals surface area (Å²) >= 11 is 0.797. The summed E-state index contributed by atoms with van der Waals surface area (Å²) in [6.45, 7) is 0. The second-order valence-electron chi connectivity index (χ2n) is 5.09. The lowest BCUT2D eigenvalue weighted by molar-refractivity contribution is -0.133. The van der Waals surface area contributed by atoms with Gasteiger partial charge in [0.1, 0.15) is 0 Å². The number of carbonyl (C=O) groups excluding carboxylic acids is 2. The molecular weight excluding hydrogens is 332 g/mol. The van der Waals surface area contributed by atoms with Crippen molar-refractivity contribution in [2.24, 2.45) is 0 Å². The number of hydrogen-bond donors (Lipinski definition) is 2. The van der Waals surface area contributed by atoms with Gasteiger partial charge < -0.3 is 10.2 Å². The summed E-state index contributed by atoms with van der Waals surface area (Å²) in [5.41, 5.74) is 0.414. The molecule has 7 heteroatoms. The number of carboxylic acid groups (broad SMARTS) is 2. The molecule has 2 aromatic rings. The van der Waals surface area contributed by atoms with Crippen LogP contribution in [-0.4, -0.2) is 39.5 Å². The molecule has 0 bridgehead atoms. The highest BCUT2D eigenvalue weighted by molar-refractivity contribution is 8.00. The van der Waals surface area contributed by atoms with Gasteiger partial charge in [-0.15, -0.1) is 11.8 Å². The normalized spacial score (nSPS) is 12.5. The minimum Gasteiger partial charge on any atom is -0.481 e. The maximum atomic E-state index is 12.6. The Kier molecular flexibility index (Phi) is 3.94. The molecule has 0 atom stereocenters. The number of benzene rings is 2. The van der Waals surface area contributed by atoms with Crippen LogP contribution >= 0.6 is 11.8 Å². The van der Waals surface area contributed by atoms with E-state index in [-0.39, 0.29) is 44.2 Å². The van der Waals surface area contributed by atoms with E-state index in [1.807, 2.05) is 0 Å². The minimum absolute atomic E-state index is 0.0239. The molecule has 0 spiro atoms. The topological polar surface area (TPSA) is 109 Å². The Morgan fingerprint density at radius 2 is 1.42 bits per heavy atom. The molecule has 6 nitrogen and oxygen atoms in total. The summed E-state index contributed by atoms with van der Waals surface area (Å²) in [6.07, 6.45) is 0. The van der Waals surface area contributed by atoms with Crippen molar-refractivity contribution in [1.82, 2.24) is 0 Å². The maximum absolute atomic E-state index is 12.6. The number of aromatic carboxylic acids is 1. The van der Waals surface area contributed by atoms with E-state index in [9.17, 15) is 24.3 Å². The molecule has 0 saturated carbocycles. The first kappa shape index (κ1) is 15.9. The van der Waals surface area contributed by atoms with E-state index in [2.05, 4.69) is 0 Å². The molecule has 2 aromatic carbocycles. The van der Waals surface area contributed by atoms with Gasteiger partial charge in [-0.3, -0.25) is 14.4 Å². The number of thioether (sulfide) groups is 1. The Morgan fingerprint density at radius 3 is 1.92 bits per heavy atom. The van der Waals surface area contributed by atoms with Crippen LogP contribution in [0.4, 0.5) is 0 Å². The standard InChI is InChI=1S/C17H10O6S/c18-14(19)7-24-13-6-11-10(5-12(13)17(22)23)15(20)8-3-1-2-4-9(8)16(11)21/h1-6H,7H2,(H,18,19)(H,22,23). The van der Waals surface area contributed by atoms with E-state index in [1.54, 1.807) is 12.1 Å². The van der Waals surface area contributed by atoms with Gasteiger partial charge in [0.2, 0.25) is 0 Å². The number of hydrogen-bond acceptors (Lipinski definition) is 5. The lowest BCUT2D eigenvalue weighted by Crippen LogP contribution is -2.22. The van der Waals surface area contributed by atoms with Gasteiger partial charge >= 0.3 is 11.9 Å². The Hall–Kier alpha value is -2.93. The van der Waals surface area contributed by atoms with Crippen molar-refractivity contribution in [2.45, 2.75) is 4.90 Å². The van der Waals surface area contributed by atoms with Crippen LogP contribution in [0.15, 0.2) is 41.3 Å². The van der Waals surface area contributed by atoms with Crippen LogP contribution in [0.1, 0.15) is 42.2 Å². The van der Waals surface area contributed by atoms with Crippen molar-refractivity contribution in [3.05, 3.63) is 64.2 Å². The van der Waals surface area contributed by atoms with E-state index in [1.165, 1.54) is 18.2 Å². The van der Waals surface area contributed by atoms with E-state index in [0.29, 0.717) is 0 Å². The van der Waals surface area contributed by atoms with Crippen molar-refractivity contribution < 1.29 is 29.4 Å². The Balaban J connectivity index is 2.18. The van der Waals surface area contributed by atoms with Gasteiger partial charge in [0.25, 0.3) is 0 Å². The van der Waals surface area contributed by atoms with Crippen LogP contribution in [0.25, 0.3) is 0 Å². The van der Waals surface area contributed by atoms with Crippen molar-refractivity contribution in [3.63, 3.8) is 0 Å². The zero-order valence-corrected chi connectivity index (χ0v) is 12.9. The van der Waals surface area contributed by atoms with E-state index < -0.39 is 17.7 Å². The quantitative estimate of drug-likeness (QED) is 0.700. The number of rotatable bonds is 4. The predicted octanol–water partition coefficient (Wildman–Crippen LogP) is 2.34. The highest BCUT2D eigenvalue weighted by Crippen LogP contribution is 2.33. The van der Waals surface area contributed by atoms with Gasteiger partial charge in [0.15, 0.2) is 11.6 Å². The largest absolute Gasteiger partial charge is 0.481 e. The zero-order chi connectivity index (χ0) is 17.4. The highest BCUT2D eigenvalue weighted by Gasteiger charge is 2.31. The number of carbonyl (C=O) groups is 4. The van der Waals surface area contributed by atoms with Crippen LogP contribution in [0, 0.1) is 0 Å². The van der Waals surface area contributed by atoms with Crippen LogP contribution < -0.4 is 0 Å². The molecule has 2 N–H and O–H groups in total. The van der Waals surface area contributed by atoms with Crippen molar-refractivity contribution in [3.8, 4) is 0 Å². The van der Waals surface area contributed by atoms with Gasteiger partial charge in [0, 0.05) is 27.1 Å². The van der Waals surface area contributed by atoms with Gasteiger partial charge in [-0.2, -0.15) is 0 Å². The first-order chi connectivity index (χ1) is 11.4. The third kappa shape index (κ3) is 2.59. The lowest BCUT2D eigenvalue weighted by atomic mass is 9.83. The molecule has 0 heterocycles. The summed E-state index contributed by atoms with van der Waals surface area (Å²) in [5, 5.41) is 18.1. The van der Waals surface area contributed by atoms with Gasteiger partial charge in [-0.25, -0.2) is 4.79 Å². The zero-order valence-electron chi connectivity index (χ0n) is 12.1. The predicted molar refractivity (Wildman–Crippen MR) is 85.1 cm³/mol. The van der Waals surface area contributed by atoms with Crippen molar-refractivity contribution in [1.29, 1.82) is 0 Å². The second-order valence-corrected chi connectivity index (χ2v) is 6.10. The third-order valence-electron chi connectivity index (χ3n) is 3.61. The summed E-state index contributed by atoms with van der Waals surface area (Å²) in [4.78, 5) is 47.5. The van der Waals surface area contributed by atoms with Crippen LogP contribution in [0.2, 0.25) is 0 Å². The minimum atomic E-state index is -1.29. The van der Waals surface area contributed by atoms with Crippen LogP contribution in [0.3, 0.4) is 0 Å². The number of fused-ring (bicyclic) bond motifs is 2. The fourth-order valence-electron chi connectivity index (χ4n) is 2.55. The Morgan fingerprint density at radius 1 is 0.875 bits per heavy atom. The molecule has 24 heavy (non-hydrogen) atoms. The molecule has 120 valence electrons. The summed E-state index contributed by atoms with van der Waals surface area (Å²) in [5.74, 6) is -3.55. The fourth-order valence-corrected chi connectivity index (χ4v) is 3.33. The van der Waals surface area contributed by atoms with E-state index >= 15 is 0 Å². The number of aliphatic carboxylic acids is 1. The summed E-state index contributed by atoms with van der Waals surface area (Å²) in [6, 6.07) is 8.77. The van der Waals surface area contributed by atoms with Gasteiger partial charge in [-0.05, 0) is 12.1 Å². The molecular formula is C17H10O6S. The summed E-state index contributed by atoms with van der Waals surface area (Å²) in [7, 11) is 0. The first-order valence-electron chi connectivity index (χ1n) is 6.84. The SMILES string of the molecule is O=C(O)CSc1cc2c(cc1C(=O)O)C(=O)c1ccccc1C2=O. The molecule has 0 saturated heterocycles. The smallest absolute Gasteiger partial charge is 0.336 e. The molecule has 0 aromatic heterocycles. The number of ketones is 2. The molecule has 1 aliphatic carbocycles. The monoisotopic (exact) mass is 342 g/mol. The summed E-state index contributed by atoms with van der Waals surface area (Å²) < 4.78 is 0. The van der Waals surface area contributed by atoms with E-state index in [4.69, 9.17) is 5.11 Å². The molecule has 3 rings (SSSR count). The van der Waals surface area contributed by atoms with E-state index in [0.717, 1.165) is 17.8 Å².